The molecule has 0 aliphatic heterocycles. The van der Waals surface area contributed by atoms with Crippen molar-refractivity contribution in [3.63, 3.8) is 0 Å². The number of carbonyl (C=O) groups excluding carboxylic acids is 1. The lowest BCUT2D eigenvalue weighted by atomic mass is 10.2. The molecule has 22 heavy (non-hydrogen) atoms. The summed E-state index contributed by atoms with van der Waals surface area (Å²) in [6.07, 6.45) is 0. The van der Waals surface area contributed by atoms with Gasteiger partial charge < -0.3 is 18.9 Å². The van der Waals surface area contributed by atoms with E-state index in [4.69, 9.17) is 18.9 Å². The third-order valence-electron chi connectivity index (χ3n) is 2.92. The predicted molar refractivity (Wildman–Crippen MR) is 85.2 cm³/mol. The highest BCUT2D eigenvalue weighted by atomic mass is 79.9. The molecule has 0 unspecified atom stereocenters. The highest BCUT2D eigenvalue weighted by Gasteiger charge is 2.18. The molecule has 0 N–H and O–H groups in total. The molecule has 0 bridgehead atoms. The first-order valence-electron chi connectivity index (χ1n) is 6.36. The summed E-state index contributed by atoms with van der Waals surface area (Å²) in [7, 11) is 4.47. The summed E-state index contributed by atoms with van der Waals surface area (Å²) in [5.41, 5.74) is 0.303. The Kier molecular flexibility index (Phi) is 5.27. The molecule has 6 heteroatoms. The topological polar surface area (TPSA) is 54.0 Å². The zero-order valence-electron chi connectivity index (χ0n) is 12.4. The molecule has 5 nitrogen and oxygen atoms in total. The van der Waals surface area contributed by atoms with Crippen LogP contribution >= 0.6 is 15.9 Å². The van der Waals surface area contributed by atoms with Crippen LogP contribution in [0.15, 0.2) is 40.9 Å². The van der Waals surface area contributed by atoms with Gasteiger partial charge in [0.15, 0.2) is 11.5 Å². The molecule has 0 atom stereocenters. The van der Waals surface area contributed by atoms with Gasteiger partial charge in [-0.2, -0.15) is 0 Å². The fourth-order valence-corrected chi connectivity index (χ4v) is 2.13. The van der Waals surface area contributed by atoms with Crippen molar-refractivity contribution in [3.8, 4) is 23.0 Å². The summed E-state index contributed by atoms with van der Waals surface area (Å²) < 4.78 is 21.9. The lowest BCUT2D eigenvalue weighted by molar-refractivity contribution is 0.0734. The Morgan fingerprint density at radius 1 is 0.909 bits per heavy atom. The van der Waals surface area contributed by atoms with E-state index in [1.54, 1.807) is 36.4 Å². The van der Waals surface area contributed by atoms with E-state index in [9.17, 15) is 4.79 Å². The van der Waals surface area contributed by atoms with Crippen LogP contribution in [0.2, 0.25) is 0 Å². The van der Waals surface area contributed by atoms with E-state index in [1.165, 1.54) is 21.3 Å². The van der Waals surface area contributed by atoms with Crippen LogP contribution in [0, 0.1) is 0 Å². The van der Waals surface area contributed by atoms with Gasteiger partial charge in [-0.1, -0.05) is 15.9 Å². The maximum Gasteiger partial charge on any atom is 0.343 e. The van der Waals surface area contributed by atoms with Crippen LogP contribution in [0.3, 0.4) is 0 Å². The molecule has 0 radical (unpaired) electrons. The summed E-state index contributed by atoms with van der Waals surface area (Å²) in [5, 5.41) is 0. The van der Waals surface area contributed by atoms with Gasteiger partial charge in [0.25, 0.3) is 0 Å². The third kappa shape index (κ3) is 3.51. The molecule has 2 rings (SSSR count). The minimum atomic E-state index is -0.512. The van der Waals surface area contributed by atoms with Crippen molar-refractivity contribution >= 4 is 21.9 Å². The van der Waals surface area contributed by atoms with Gasteiger partial charge in [0.05, 0.1) is 26.9 Å². The van der Waals surface area contributed by atoms with Crippen molar-refractivity contribution in [3.05, 3.63) is 46.4 Å². The van der Waals surface area contributed by atoms with Gasteiger partial charge in [-0.25, -0.2) is 4.79 Å². The van der Waals surface area contributed by atoms with Crippen LogP contribution in [0.1, 0.15) is 10.4 Å². The van der Waals surface area contributed by atoms with Crippen molar-refractivity contribution in [2.45, 2.75) is 0 Å². The molecular formula is C16H15BrO5. The molecule has 2 aromatic rings. The number of halogens is 1. The van der Waals surface area contributed by atoms with Crippen LogP contribution < -0.4 is 18.9 Å². The molecular weight excluding hydrogens is 352 g/mol. The molecule has 0 fully saturated rings. The molecule has 0 aromatic heterocycles. The molecule has 0 aliphatic carbocycles. The molecule has 2 aromatic carbocycles. The molecule has 0 aliphatic rings. The molecule has 0 spiro atoms. The van der Waals surface area contributed by atoms with E-state index in [2.05, 4.69) is 15.9 Å². The Morgan fingerprint density at radius 3 is 1.91 bits per heavy atom. The van der Waals surface area contributed by atoms with Crippen LogP contribution in [0.5, 0.6) is 23.0 Å². The number of benzene rings is 2. The Balaban J connectivity index is 2.31. The van der Waals surface area contributed by atoms with Gasteiger partial charge >= 0.3 is 5.97 Å². The Hall–Kier alpha value is -2.21. The van der Waals surface area contributed by atoms with Gasteiger partial charge in [-0.05, 0) is 36.4 Å². The minimum absolute atomic E-state index is 0.303. The number of rotatable bonds is 5. The summed E-state index contributed by atoms with van der Waals surface area (Å²) >= 11 is 3.32. The highest BCUT2D eigenvalue weighted by Crippen LogP contribution is 2.38. The number of hydrogen-bond donors (Lipinski definition) is 0. The number of esters is 1. The maximum atomic E-state index is 12.2. The first kappa shape index (κ1) is 16.2. The zero-order valence-corrected chi connectivity index (χ0v) is 14.0. The lowest BCUT2D eigenvalue weighted by Gasteiger charge is -2.13. The molecule has 0 amide bonds. The number of ether oxygens (including phenoxy) is 4. The van der Waals surface area contributed by atoms with Gasteiger partial charge in [0.1, 0.15) is 5.75 Å². The van der Waals surface area contributed by atoms with Gasteiger partial charge in [0.2, 0.25) is 5.75 Å². The average Bonchev–Trinajstić information content (AvgIpc) is 2.55. The van der Waals surface area contributed by atoms with E-state index in [1.807, 2.05) is 0 Å². The Bertz CT molecular complexity index is 642. The smallest absolute Gasteiger partial charge is 0.343 e. The van der Waals surface area contributed by atoms with Crippen LogP contribution in [0.4, 0.5) is 0 Å². The number of methoxy groups -OCH3 is 3. The fourth-order valence-electron chi connectivity index (χ4n) is 1.87. The average molecular weight is 367 g/mol. The minimum Gasteiger partial charge on any atom is -0.493 e. The summed E-state index contributed by atoms with van der Waals surface area (Å²) in [4.78, 5) is 12.2. The lowest BCUT2D eigenvalue weighted by Crippen LogP contribution is -2.09. The first-order valence-corrected chi connectivity index (χ1v) is 7.16. The second-order valence-electron chi connectivity index (χ2n) is 4.26. The normalized spacial score (nSPS) is 10.0. The summed E-state index contributed by atoms with van der Waals surface area (Å²) in [6.45, 7) is 0. The highest BCUT2D eigenvalue weighted by molar-refractivity contribution is 9.10. The van der Waals surface area contributed by atoms with Crippen LogP contribution in [0.25, 0.3) is 0 Å². The quantitative estimate of drug-likeness (QED) is 0.596. The molecule has 0 saturated carbocycles. The van der Waals surface area contributed by atoms with Crippen LogP contribution in [-0.4, -0.2) is 27.3 Å². The Labute approximate surface area is 136 Å². The standard InChI is InChI=1S/C16H15BrO5/c1-19-13-8-10(9-14(20-2)15(13)21-3)16(18)22-12-6-4-11(17)5-7-12/h4-9H,1-3H3. The van der Waals surface area contributed by atoms with Crippen molar-refractivity contribution < 1.29 is 23.7 Å². The number of hydrogen-bond acceptors (Lipinski definition) is 5. The zero-order chi connectivity index (χ0) is 16.1. The molecule has 0 heterocycles. The van der Waals surface area contributed by atoms with Crippen molar-refractivity contribution in [2.75, 3.05) is 21.3 Å². The monoisotopic (exact) mass is 366 g/mol. The fraction of sp³-hybridized carbons (Fsp3) is 0.188. The largest absolute Gasteiger partial charge is 0.493 e. The van der Waals surface area contributed by atoms with Crippen molar-refractivity contribution in [1.29, 1.82) is 0 Å². The van der Waals surface area contributed by atoms with Crippen LogP contribution in [-0.2, 0) is 0 Å². The first-order chi connectivity index (χ1) is 10.6. The van der Waals surface area contributed by atoms with E-state index in [0.29, 0.717) is 28.6 Å². The summed E-state index contributed by atoms with van der Waals surface area (Å²) in [5.74, 6) is 1.14. The van der Waals surface area contributed by atoms with Gasteiger partial charge in [0, 0.05) is 4.47 Å². The van der Waals surface area contributed by atoms with Crippen molar-refractivity contribution in [1.82, 2.24) is 0 Å². The second kappa shape index (κ2) is 7.17. The second-order valence-corrected chi connectivity index (χ2v) is 5.17. The number of carbonyl (C=O) groups is 1. The summed E-state index contributed by atoms with van der Waals surface area (Å²) in [6, 6.07) is 10.1. The molecule has 116 valence electrons. The molecule has 0 saturated heterocycles. The van der Waals surface area contributed by atoms with E-state index < -0.39 is 5.97 Å². The maximum absolute atomic E-state index is 12.2. The third-order valence-corrected chi connectivity index (χ3v) is 3.45. The SMILES string of the molecule is COc1cc(C(=O)Oc2ccc(Br)cc2)cc(OC)c1OC. The van der Waals surface area contributed by atoms with E-state index in [-0.39, 0.29) is 0 Å². The van der Waals surface area contributed by atoms with E-state index in [0.717, 1.165) is 4.47 Å². The van der Waals surface area contributed by atoms with E-state index >= 15 is 0 Å². The Morgan fingerprint density at radius 2 is 1.45 bits per heavy atom. The van der Waals surface area contributed by atoms with Gasteiger partial charge in [-0.15, -0.1) is 0 Å². The predicted octanol–water partition coefficient (Wildman–Crippen LogP) is 3.69. The van der Waals surface area contributed by atoms with Crippen molar-refractivity contribution in [2.24, 2.45) is 0 Å². The van der Waals surface area contributed by atoms with Gasteiger partial charge in [-0.3, -0.25) is 0 Å².